The van der Waals surface area contributed by atoms with Crippen LogP contribution in [0.3, 0.4) is 0 Å². The topological polar surface area (TPSA) is 45.1 Å². The fraction of sp³-hybridized carbons (Fsp3) is 0.429. The monoisotopic (exact) mass is 383 g/mol. The number of rotatable bonds is 5. The molecule has 1 aromatic heterocycles. The molecule has 1 amide bonds. The van der Waals surface area contributed by atoms with E-state index in [2.05, 4.69) is 16.3 Å². The summed E-state index contributed by atoms with van der Waals surface area (Å²) in [5.41, 5.74) is 2.09. The molecule has 1 saturated heterocycles. The molecular formula is C21H25N3O2S. The van der Waals surface area contributed by atoms with Crippen molar-refractivity contribution in [3.63, 3.8) is 0 Å². The van der Waals surface area contributed by atoms with Gasteiger partial charge < -0.3 is 4.74 Å². The van der Waals surface area contributed by atoms with Crippen LogP contribution in [0.2, 0.25) is 0 Å². The predicted molar refractivity (Wildman–Crippen MR) is 108 cm³/mol. The highest BCUT2D eigenvalue weighted by Crippen LogP contribution is 2.34. The summed E-state index contributed by atoms with van der Waals surface area (Å²) in [6.07, 6.45) is 4.37. The minimum absolute atomic E-state index is 0.0507. The van der Waals surface area contributed by atoms with Gasteiger partial charge in [-0.2, -0.15) is 5.10 Å². The average Bonchev–Trinajstić information content (AvgIpc) is 3.39. The number of thiophene rings is 1. The molecule has 2 aromatic rings. The van der Waals surface area contributed by atoms with Crippen molar-refractivity contribution in [1.82, 2.24) is 9.91 Å². The molecule has 1 atom stereocenters. The zero-order valence-electron chi connectivity index (χ0n) is 15.6. The van der Waals surface area contributed by atoms with Gasteiger partial charge in [0.1, 0.15) is 5.75 Å². The lowest BCUT2D eigenvalue weighted by Crippen LogP contribution is -2.40. The third-order valence-corrected chi connectivity index (χ3v) is 6.20. The van der Waals surface area contributed by atoms with Gasteiger partial charge in [-0.15, -0.1) is 11.3 Å². The first-order valence-corrected chi connectivity index (χ1v) is 10.4. The van der Waals surface area contributed by atoms with Crippen LogP contribution in [-0.2, 0) is 4.79 Å². The Hall–Kier alpha value is -2.18. The van der Waals surface area contributed by atoms with E-state index in [1.165, 1.54) is 19.3 Å². The van der Waals surface area contributed by atoms with Gasteiger partial charge in [0, 0.05) is 6.42 Å². The van der Waals surface area contributed by atoms with E-state index in [0.717, 1.165) is 41.4 Å². The molecule has 2 aliphatic heterocycles. The molecular weight excluding hydrogens is 358 g/mol. The zero-order valence-corrected chi connectivity index (χ0v) is 16.5. The molecule has 3 heterocycles. The number of carbonyl (C=O) groups excluding carboxylic acids is 1. The van der Waals surface area contributed by atoms with E-state index in [-0.39, 0.29) is 11.9 Å². The Labute approximate surface area is 164 Å². The van der Waals surface area contributed by atoms with Crippen molar-refractivity contribution in [2.24, 2.45) is 5.10 Å². The van der Waals surface area contributed by atoms with Crippen molar-refractivity contribution in [1.29, 1.82) is 0 Å². The van der Waals surface area contributed by atoms with E-state index in [9.17, 15) is 4.79 Å². The highest BCUT2D eigenvalue weighted by atomic mass is 32.1. The smallest absolute Gasteiger partial charge is 0.257 e. The van der Waals surface area contributed by atoms with Gasteiger partial charge in [0.25, 0.3) is 5.91 Å². The molecule has 6 heteroatoms. The predicted octanol–water partition coefficient (Wildman–Crippen LogP) is 3.92. The van der Waals surface area contributed by atoms with Crippen LogP contribution in [0.15, 0.2) is 46.9 Å². The normalized spacial score (nSPS) is 20.6. The molecule has 0 radical (unpaired) electrons. The van der Waals surface area contributed by atoms with Gasteiger partial charge in [-0.1, -0.05) is 24.6 Å². The molecule has 142 valence electrons. The molecule has 2 aliphatic rings. The van der Waals surface area contributed by atoms with Crippen molar-refractivity contribution >= 4 is 23.0 Å². The van der Waals surface area contributed by atoms with Gasteiger partial charge in [-0.25, -0.2) is 5.01 Å². The van der Waals surface area contributed by atoms with Crippen molar-refractivity contribution in [3.8, 4) is 5.75 Å². The Kier molecular flexibility index (Phi) is 5.55. The molecule has 0 spiro atoms. The molecule has 1 aromatic carbocycles. The van der Waals surface area contributed by atoms with Gasteiger partial charge in [-0.05, 0) is 55.1 Å². The third kappa shape index (κ3) is 4.06. The molecule has 0 unspecified atom stereocenters. The number of hydrogen-bond acceptors (Lipinski definition) is 5. The van der Waals surface area contributed by atoms with Crippen molar-refractivity contribution in [2.45, 2.75) is 31.7 Å². The van der Waals surface area contributed by atoms with E-state index in [4.69, 9.17) is 9.84 Å². The van der Waals surface area contributed by atoms with Crippen LogP contribution in [0.5, 0.6) is 5.75 Å². The molecule has 5 nitrogen and oxygen atoms in total. The Balaban J connectivity index is 1.57. The van der Waals surface area contributed by atoms with Gasteiger partial charge in [0.2, 0.25) is 0 Å². The summed E-state index contributed by atoms with van der Waals surface area (Å²) >= 11 is 1.67. The van der Waals surface area contributed by atoms with Gasteiger partial charge in [0.15, 0.2) is 0 Å². The number of hydrogen-bond donors (Lipinski definition) is 0. The molecule has 4 rings (SSSR count). The minimum atomic E-state index is -0.0507. The number of amides is 1. The number of hydrazone groups is 1. The summed E-state index contributed by atoms with van der Waals surface area (Å²) < 4.78 is 5.27. The molecule has 0 bridgehead atoms. The van der Waals surface area contributed by atoms with Gasteiger partial charge in [0.05, 0.1) is 30.3 Å². The lowest BCUT2D eigenvalue weighted by molar-refractivity contribution is -0.134. The maximum absolute atomic E-state index is 13.1. The summed E-state index contributed by atoms with van der Waals surface area (Å²) in [5.74, 6) is 0.909. The largest absolute Gasteiger partial charge is 0.497 e. The fourth-order valence-electron chi connectivity index (χ4n) is 3.80. The number of nitrogens with zero attached hydrogens (tertiary/aromatic N) is 3. The highest BCUT2D eigenvalue weighted by Gasteiger charge is 2.34. The summed E-state index contributed by atoms with van der Waals surface area (Å²) in [7, 11) is 1.66. The molecule has 0 saturated carbocycles. The lowest BCUT2D eigenvalue weighted by atomic mass is 10.0. The number of carbonyl (C=O) groups is 1. The fourth-order valence-corrected chi connectivity index (χ4v) is 4.52. The van der Waals surface area contributed by atoms with Gasteiger partial charge in [-0.3, -0.25) is 9.69 Å². The zero-order chi connectivity index (χ0) is 18.6. The van der Waals surface area contributed by atoms with Crippen LogP contribution < -0.4 is 4.74 Å². The van der Waals surface area contributed by atoms with E-state index < -0.39 is 0 Å². The average molecular weight is 384 g/mol. The van der Waals surface area contributed by atoms with Crippen LogP contribution in [-0.4, -0.2) is 48.3 Å². The SMILES string of the molecule is COc1ccc([C@H]2CC(c3cccs3)=NN2C(=O)CN2CCCCC2)cc1. The van der Waals surface area contributed by atoms with E-state index >= 15 is 0 Å². The van der Waals surface area contributed by atoms with Crippen molar-refractivity contribution < 1.29 is 9.53 Å². The standard InChI is InChI=1S/C21H25N3O2S/c1-26-17-9-7-16(8-10-17)19-14-18(20-6-5-13-27-20)22-24(19)21(25)15-23-11-3-2-4-12-23/h5-10,13,19H,2-4,11-12,14-15H2,1H3/t19-/m1/s1. The first-order valence-electron chi connectivity index (χ1n) is 9.54. The first-order chi connectivity index (χ1) is 13.2. The quantitative estimate of drug-likeness (QED) is 0.786. The number of methoxy groups -OCH3 is 1. The van der Waals surface area contributed by atoms with E-state index in [0.29, 0.717) is 6.54 Å². The maximum atomic E-state index is 13.1. The third-order valence-electron chi connectivity index (χ3n) is 5.28. The maximum Gasteiger partial charge on any atom is 0.257 e. The second-order valence-corrected chi connectivity index (χ2v) is 8.04. The van der Waals surface area contributed by atoms with Crippen LogP contribution in [0.1, 0.15) is 42.2 Å². The van der Waals surface area contributed by atoms with E-state index in [1.54, 1.807) is 23.5 Å². The van der Waals surface area contributed by atoms with Crippen molar-refractivity contribution in [2.75, 3.05) is 26.7 Å². The Morgan fingerprint density at radius 1 is 1.19 bits per heavy atom. The summed E-state index contributed by atoms with van der Waals surface area (Å²) in [5, 5.41) is 8.52. The van der Waals surface area contributed by atoms with Crippen LogP contribution in [0.4, 0.5) is 0 Å². The Bertz CT molecular complexity index is 795. The molecule has 0 N–H and O–H groups in total. The van der Waals surface area contributed by atoms with Crippen LogP contribution in [0, 0.1) is 0 Å². The Morgan fingerprint density at radius 2 is 1.96 bits per heavy atom. The Morgan fingerprint density at radius 3 is 2.63 bits per heavy atom. The van der Waals surface area contributed by atoms with Crippen LogP contribution in [0.25, 0.3) is 0 Å². The first kappa shape index (κ1) is 18.2. The van der Waals surface area contributed by atoms with E-state index in [1.807, 2.05) is 30.3 Å². The summed E-state index contributed by atoms with van der Waals surface area (Å²) in [4.78, 5) is 16.5. The number of likely N-dealkylation sites (tertiary alicyclic amines) is 1. The summed E-state index contributed by atoms with van der Waals surface area (Å²) in [6.45, 7) is 2.47. The molecule has 27 heavy (non-hydrogen) atoms. The second-order valence-electron chi connectivity index (χ2n) is 7.09. The number of ether oxygens (including phenoxy) is 1. The van der Waals surface area contributed by atoms with Crippen LogP contribution >= 0.6 is 11.3 Å². The molecule has 0 aliphatic carbocycles. The minimum Gasteiger partial charge on any atom is -0.497 e. The van der Waals surface area contributed by atoms with Crippen molar-refractivity contribution in [3.05, 3.63) is 52.2 Å². The second kappa shape index (κ2) is 8.23. The summed E-state index contributed by atoms with van der Waals surface area (Å²) in [6, 6.07) is 12.0. The number of benzene rings is 1. The van der Waals surface area contributed by atoms with Gasteiger partial charge >= 0.3 is 0 Å². The highest BCUT2D eigenvalue weighted by molar-refractivity contribution is 7.12. The number of piperidine rings is 1. The molecule has 1 fully saturated rings. The lowest BCUT2D eigenvalue weighted by Gasteiger charge is -2.29.